The van der Waals surface area contributed by atoms with Crippen LogP contribution in [-0.2, 0) is 9.59 Å². The van der Waals surface area contributed by atoms with Crippen molar-refractivity contribution in [2.24, 2.45) is 0 Å². The lowest BCUT2D eigenvalue weighted by molar-refractivity contribution is -0.119. The van der Waals surface area contributed by atoms with Crippen LogP contribution in [0.4, 0.5) is 5.69 Å². The van der Waals surface area contributed by atoms with Crippen LogP contribution < -0.4 is 9.64 Å². The van der Waals surface area contributed by atoms with E-state index < -0.39 is 11.8 Å². The molecule has 2 amide bonds. The van der Waals surface area contributed by atoms with Crippen LogP contribution in [0.1, 0.15) is 12.5 Å². The molecule has 0 spiro atoms. The lowest BCUT2D eigenvalue weighted by Crippen LogP contribution is -2.31. The third kappa shape index (κ3) is 3.25. The fraction of sp³-hybridized carbons (Fsp3) is 0.111. The summed E-state index contributed by atoms with van der Waals surface area (Å²) in [5.74, 6) is -0.530. The number of rotatable bonds is 4. The predicted octanol–water partition coefficient (Wildman–Crippen LogP) is 4.92. The third-order valence-electron chi connectivity index (χ3n) is 3.63. The van der Waals surface area contributed by atoms with E-state index in [-0.39, 0.29) is 21.3 Å². The summed E-state index contributed by atoms with van der Waals surface area (Å²) in [5, 5.41) is 0.416. The number of nitrogens with zero attached hydrogens (tertiary/aromatic N) is 1. The van der Waals surface area contributed by atoms with E-state index in [9.17, 15) is 9.59 Å². The summed E-state index contributed by atoms with van der Waals surface area (Å²) < 4.78 is 5.37. The van der Waals surface area contributed by atoms with Crippen LogP contribution in [-0.4, -0.2) is 18.4 Å². The Bertz CT molecular complexity index is 891. The molecule has 2 aromatic carbocycles. The van der Waals surface area contributed by atoms with Gasteiger partial charge in [-0.2, -0.15) is 0 Å². The van der Waals surface area contributed by atoms with Gasteiger partial charge in [0.05, 0.1) is 22.9 Å². The van der Waals surface area contributed by atoms with Crippen molar-refractivity contribution in [1.82, 2.24) is 0 Å². The van der Waals surface area contributed by atoms with Crippen LogP contribution in [0.5, 0.6) is 5.75 Å². The predicted molar refractivity (Wildman–Crippen MR) is 99.3 cm³/mol. The van der Waals surface area contributed by atoms with Crippen molar-refractivity contribution in [2.75, 3.05) is 11.5 Å². The number of benzene rings is 2. The van der Waals surface area contributed by atoms with E-state index in [1.54, 1.807) is 30.3 Å². The average Bonchev–Trinajstić information content (AvgIpc) is 2.81. The van der Waals surface area contributed by atoms with Crippen molar-refractivity contribution in [3.05, 3.63) is 63.1 Å². The molecule has 0 N–H and O–H groups in total. The minimum atomic E-state index is -0.639. The minimum absolute atomic E-state index is 0.116. The maximum atomic E-state index is 12.8. The number of ether oxygens (including phenoxy) is 1. The van der Waals surface area contributed by atoms with Crippen LogP contribution in [0.25, 0.3) is 5.57 Å². The number of halogens is 3. The zero-order valence-corrected chi connectivity index (χ0v) is 15.3. The number of hydrogen-bond donors (Lipinski definition) is 0. The molecule has 0 bridgehead atoms. The van der Waals surface area contributed by atoms with Gasteiger partial charge in [-0.3, -0.25) is 9.59 Å². The van der Waals surface area contributed by atoms with Gasteiger partial charge in [-0.05, 0) is 42.8 Å². The SMILES string of the molecule is CCOc1ccc(C2=C(Cl)C(=O)N(c3cc(Cl)ccc3Cl)C2=O)cc1. The molecule has 1 heterocycles. The molecule has 4 nitrogen and oxygen atoms in total. The topological polar surface area (TPSA) is 46.6 Å². The van der Waals surface area contributed by atoms with Crippen LogP contribution >= 0.6 is 34.8 Å². The largest absolute Gasteiger partial charge is 0.494 e. The van der Waals surface area contributed by atoms with Gasteiger partial charge in [0.1, 0.15) is 10.8 Å². The van der Waals surface area contributed by atoms with E-state index in [0.717, 1.165) is 4.90 Å². The van der Waals surface area contributed by atoms with E-state index in [1.807, 2.05) is 6.92 Å². The number of carbonyl (C=O) groups excluding carboxylic acids is 2. The van der Waals surface area contributed by atoms with Gasteiger partial charge in [0.15, 0.2) is 0 Å². The monoisotopic (exact) mass is 395 g/mol. The van der Waals surface area contributed by atoms with E-state index in [4.69, 9.17) is 39.5 Å². The minimum Gasteiger partial charge on any atom is -0.494 e. The molecule has 2 aromatic rings. The van der Waals surface area contributed by atoms with E-state index >= 15 is 0 Å². The fourth-order valence-electron chi connectivity index (χ4n) is 2.51. The van der Waals surface area contributed by atoms with Gasteiger partial charge in [0, 0.05) is 5.02 Å². The van der Waals surface area contributed by atoms with Crippen molar-refractivity contribution in [1.29, 1.82) is 0 Å². The highest BCUT2D eigenvalue weighted by Gasteiger charge is 2.40. The van der Waals surface area contributed by atoms with Crippen molar-refractivity contribution < 1.29 is 14.3 Å². The van der Waals surface area contributed by atoms with Gasteiger partial charge in [-0.1, -0.05) is 46.9 Å². The van der Waals surface area contributed by atoms with E-state index in [2.05, 4.69) is 0 Å². The molecule has 1 aliphatic rings. The molecular formula is C18H12Cl3NO3. The zero-order valence-electron chi connectivity index (χ0n) is 13.1. The quantitative estimate of drug-likeness (QED) is 0.689. The molecule has 0 aromatic heterocycles. The molecule has 0 fully saturated rings. The summed E-state index contributed by atoms with van der Waals surface area (Å²) in [4.78, 5) is 26.3. The van der Waals surface area contributed by atoms with Crippen molar-refractivity contribution in [2.45, 2.75) is 6.92 Å². The molecule has 0 unspecified atom stereocenters. The zero-order chi connectivity index (χ0) is 18.1. The van der Waals surface area contributed by atoms with Gasteiger partial charge in [-0.15, -0.1) is 0 Å². The first kappa shape index (κ1) is 17.8. The van der Waals surface area contributed by atoms with Gasteiger partial charge in [-0.25, -0.2) is 4.90 Å². The second kappa shape index (κ2) is 7.08. The molecule has 25 heavy (non-hydrogen) atoms. The second-order valence-electron chi connectivity index (χ2n) is 5.19. The Morgan fingerprint density at radius 3 is 2.28 bits per heavy atom. The highest BCUT2D eigenvalue weighted by Crippen LogP contribution is 2.38. The molecule has 3 rings (SSSR count). The van der Waals surface area contributed by atoms with Crippen LogP contribution in [0.2, 0.25) is 10.0 Å². The Hall–Kier alpha value is -2.01. The second-order valence-corrected chi connectivity index (χ2v) is 6.41. The van der Waals surface area contributed by atoms with Gasteiger partial charge < -0.3 is 4.74 Å². The third-order valence-corrected chi connectivity index (χ3v) is 4.54. The number of carbonyl (C=O) groups is 2. The molecule has 0 aliphatic carbocycles. The highest BCUT2D eigenvalue weighted by atomic mass is 35.5. The molecule has 0 saturated carbocycles. The lowest BCUT2D eigenvalue weighted by Gasteiger charge is -2.16. The van der Waals surface area contributed by atoms with Crippen molar-refractivity contribution in [3.8, 4) is 5.75 Å². The Kier molecular flexibility index (Phi) is 5.04. The normalized spacial score (nSPS) is 14.5. The Morgan fingerprint density at radius 1 is 0.960 bits per heavy atom. The van der Waals surface area contributed by atoms with Gasteiger partial charge >= 0.3 is 0 Å². The van der Waals surface area contributed by atoms with Crippen LogP contribution in [0, 0.1) is 0 Å². The maximum absolute atomic E-state index is 12.8. The standard InChI is InChI=1S/C18H12Cl3NO3/c1-2-25-12-6-3-10(4-7-12)15-16(21)18(24)22(17(15)23)14-9-11(19)5-8-13(14)20/h3-9H,2H2,1H3. The van der Waals surface area contributed by atoms with E-state index in [1.165, 1.54) is 12.1 Å². The van der Waals surface area contributed by atoms with E-state index in [0.29, 0.717) is 22.9 Å². The van der Waals surface area contributed by atoms with Crippen molar-refractivity contribution in [3.63, 3.8) is 0 Å². The summed E-state index contributed by atoms with van der Waals surface area (Å²) in [6.07, 6.45) is 0. The number of anilines is 1. The highest BCUT2D eigenvalue weighted by molar-refractivity contribution is 6.60. The smallest absolute Gasteiger partial charge is 0.277 e. The summed E-state index contributed by atoms with van der Waals surface area (Å²) in [6.45, 7) is 2.40. The number of amides is 2. The first-order valence-electron chi connectivity index (χ1n) is 7.41. The number of imide groups is 1. The molecule has 128 valence electrons. The molecular weight excluding hydrogens is 385 g/mol. The molecule has 7 heteroatoms. The summed E-state index contributed by atoms with van der Waals surface area (Å²) in [6, 6.07) is 11.3. The number of hydrogen-bond acceptors (Lipinski definition) is 3. The first-order chi connectivity index (χ1) is 11.9. The fourth-order valence-corrected chi connectivity index (χ4v) is 3.16. The molecule has 1 aliphatic heterocycles. The Labute approximate surface area is 159 Å². The molecule has 0 radical (unpaired) electrons. The maximum Gasteiger partial charge on any atom is 0.277 e. The van der Waals surface area contributed by atoms with Gasteiger partial charge in [0.2, 0.25) is 0 Å². The summed E-state index contributed by atoms with van der Waals surface area (Å²) in [5.41, 5.74) is 0.835. The molecule has 0 atom stereocenters. The lowest BCUT2D eigenvalue weighted by atomic mass is 10.1. The van der Waals surface area contributed by atoms with Crippen LogP contribution in [0.15, 0.2) is 47.5 Å². The average molecular weight is 397 g/mol. The van der Waals surface area contributed by atoms with Crippen molar-refractivity contribution >= 4 is 57.9 Å². The Balaban J connectivity index is 2.01. The molecule has 0 saturated heterocycles. The Morgan fingerprint density at radius 2 is 1.64 bits per heavy atom. The van der Waals surface area contributed by atoms with Gasteiger partial charge in [0.25, 0.3) is 11.8 Å². The summed E-state index contributed by atoms with van der Waals surface area (Å²) >= 11 is 18.2. The van der Waals surface area contributed by atoms with Crippen LogP contribution in [0.3, 0.4) is 0 Å². The first-order valence-corrected chi connectivity index (χ1v) is 8.54. The summed E-state index contributed by atoms with van der Waals surface area (Å²) in [7, 11) is 0.